The Labute approximate surface area is 159 Å². The van der Waals surface area contributed by atoms with Crippen LogP contribution in [0, 0.1) is 11.3 Å². The number of halogens is 1. The Kier molecular flexibility index (Phi) is 5.38. The number of aromatic hydroxyl groups is 2. The molecule has 0 aliphatic carbocycles. The smallest absolute Gasteiger partial charge is 0.299 e. The van der Waals surface area contributed by atoms with E-state index in [9.17, 15) is 15.0 Å². The maximum absolute atomic E-state index is 12.3. The number of nitriles is 1. The van der Waals surface area contributed by atoms with Gasteiger partial charge in [-0.2, -0.15) is 5.26 Å². The van der Waals surface area contributed by atoms with Gasteiger partial charge in [0.05, 0.1) is 17.1 Å². The highest BCUT2D eigenvalue weighted by molar-refractivity contribution is 6.31. The van der Waals surface area contributed by atoms with Gasteiger partial charge in [0.2, 0.25) is 5.88 Å². The molecule has 3 aromatic rings. The first-order valence-electron chi connectivity index (χ1n) is 8.14. The second kappa shape index (κ2) is 7.89. The van der Waals surface area contributed by atoms with Crippen LogP contribution in [0.2, 0.25) is 5.02 Å². The van der Waals surface area contributed by atoms with E-state index in [1.165, 1.54) is 18.2 Å². The summed E-state index contributed by atoms with van der Waals surface area (Å²) in [7, 11) is 0. The molecular weight excluding hydrogens is 368 g/mol. The summed E-state index contributed by atoms with van der Waals surface area (Å²) in [5.41, 5.74) is 0.792. The third-order valence-electron chi connectivity index (χ3n) is 4.02. The number of carbonyl (C=O) groups is 1. The number of fused-ring (bicyclic) bond motifs is 1. The number of benzene rings is 2. The molecule has 0 spiro atoms. The normalized spacial score (nSPS) is 11.1. The predicted molar refractivity (Wildman–Crippen MR) is 100 cm³/mol. The molecule has 0 bridgehead atoms. The number of aromatic nitrogens is 1. The molecule has 2 aromatic carbocycles. The van der Waals surface area contributed by atoms with Gasteiger partial charge in [0.1, 0.15) is 5.75 Å². The highest BCUT2D eigenvalue weighted by Gasteiger charge is 2.17. The van der Waals surface area contributed by atoms with Crippen LogP contribution in [0.4, 0.5) is 5.69 Å². The van der Waals surface area contributed by atoms with Gasteiger partial charge >= 0.3 is 0 Å². The van der Waals surface area contributed by atoms with Crippen molar-refractivity contribution >= 4 is 34.1 Å². The number of aryl methyl sites for hydroxylation is 1. The average molecular weight is 383 g/mol. The third-order valence-corrected chi connectivity index (χ3v) is 4.25. The van der Waals surface area contributed by atoms with Crippen LogP contribution in [0.1, 0.15) is 23.2 Å². The summed E-state index contributed by atoms with van der Waals surface area (Å²) < 4.78 is 1.63. The number of para-hydroxylation sites is 1. The number of nitrogens with zero attached hydrogens (tertiary/aromatic N) is 4. The van der Waals surface area contributed by atoms with Crippen molar-refractivity contribution in [3.63, 3.8) is 0 Å². The standard InChI is InChI=1S/C19H15ClN4O3/c20-12-7-8-16(25)14(11-12)18(26)23-22-17-13-5-1-2-6-15(13)24(19(17)27)10-4-3-9-21/h1-2,5-8,11,25,27H,3-4,10H2. The second-order valence-electron chi connectivity index (χ2n) is 5.77. The van der Waals surface area contributed by atoms with Gasteiger partial charge in [0.25, 0.3) is 5.91 Å². The van der Waals surface area contributed by atoms with Crippen molar-refractivity contribution in [3.05, 3.63) is 53.1 Å². The zero-order valence-corrected chi connectivity index (χ0v) is 14.9. The molecule has 7 nitrogen and oxygen atoms in total. The van der Waals surface area contributed by atoms with Gasteiger partial charge in [-0.15, -0.1) is 10.2 Å². The Balaban J connectivity index is 1.98. The van der Waals surface area contributed by atoms with E-state index in [-0.39, 0.29) is 27.9 Å². The lowest BCUT2D eigenvalue weighted by atomic mass is 10.2. The van der Waals surface area contributed by atoms with Crippen molar-refractivity contribution in [2.24, 2.45) is 10.2 Å². The number of carbonyl (C=O) groups excluding carboxylic acids is 1. The van der Waals surface area contributed by atoms with Crippen molar-refractivity contribution in [1.82, 2.24) is 4.57 Å². The third kappa shape index (κ3) is 3.76. The van der Waals surface area contributed by atoms with E-state index in [0.717, 1.165) is 5.52 Å². The summed E-state index contributed by atoms with van der Waals surface area (Å²) >= 11 is 5.84. The van der Waals surface area contributed by atoms with Crippen LogP contribution >= 0.6 is 11.6 Å². The number of hydrogen-bond donors (Lipinski definition) is 2. The van der Waals surface area contributed by atoms with E-state index < -0.39 is 5.91 Å². The van der Waals surface area contributed by atoms with E-state index in [1.54, 1.807) is 16.7 Å². The predicted octanol–water partition coefficient (Wildman–Crippen LogP) is 4.93. The quantitative estimate of drug-likeness (QED) is 0.481. The van der Waals surface area contributed by atoms with E-state index in [0.29, 0.717) is 24.8 Å². The van der Waals surface area contributed by atoms with Crippen LogP contribution < -0.4 is 0 Å². The SMILES string of the molecule is N#CCCCn1c(O)c(N=NC(=O)c2cc(Cl)ccc2O)c2ccccc21. The summed E-state index contributed by atoms with van der Waals surface area (Å²) in [5, 5.41) is 37.5. The molecule has 1 amide bonds. The molecule has 27 heavy (non-hydrogen) atoms. The first-order valence-corrected chi connectivity index (χ1v) is 8.52. The molecule has 1 heterocycles. The minimum absolute atomic E-state index is 0.0801. The summed E-state index contributed by atoms with van der Waals surface area (Å²) in [6.07, 6.45) is 0.921. The summed E-state index contributed by atoms with van der Waals surface area (Å²) in [6.45, 7) is 0.429. The van der Waals surface area contributed by atoms with Crippen molar-refractivity contribution in [3.8, 4) is 17.7 Å². The van der Waals surface area contributed by atoms with Gasteiger partial charge in [0.15, 0.2) is 5.69 Å². The van der Waals surface area contributed by atoms with Crippen molar-refractivity contribution in [2.45, 2.75) is 19.4 Å². The van der Waals surface area contributed by atoms with Crippen LogP contribution in [0.25, 0.3) is 10.9 Å². The van der Waals surface area contributed by atoms with Crippen LogP contribution in [0.5, 0.6) is 11.6 Å². The molecule has 0 fully saturated rings. The van der Waals surface area contributed by atoms with Crippen LogP contribution in [0.3, 0.4) is 0 Å². The average Bonchev–Trinajstić information content (AvgIpc) is 2.93. The molecule has 0 saturated heterocycles. The number of azo groups is 1. The first-order chi connectivity index (χ1) is 13.0. The van der Waals surface area contributed by atoms with E-state index in [4.69, 9.17) is 16.9 Å². The van der Waals surface area contributed by atoms with E-state index >= 15 is 0 Å². The number of amides is 1. The zero-order chi connectivity index (χ0) is 19.4. The first kappa shape index (κ1) is 18.4. The lowest BCUT2D eigenvalue weighted by Gasteiger charge is -2.04. The number of unbranched alkanes of at least 4 members (excludes halogenated alkanes) is 1. The molecule has 3 rings (SSSR count). The molecule has 1 aromatic heterocycles. The molecule has 0 radical (unpaired) electrons. The fraction of sp³-hybridized carbons (Fsp3) is 0.158. The molecule has 0 saturated carbocycles. The molecule has 2 N–H and O–H groups in total. The van der Waals surface area contributed by atoms with Gasteiger partial charge in [-0.05, 0) is 30.7 Å². The Morgan fingerprint density at radius 2 is 2.00 bits per heavy atom. The highest BCUT2D eigenvalue weighted by Crippen LogP contribution is 2.39. The topological polar surface area (TPSA) is 111 Å². The van der Waals surface area contributed by atoms with Crippen molar-refractivity contribution < 1.29 is 15.0 Å². The lowest BCUT2D eigenvalue weighted by Crippen LogP contribution is -1.96. The van der Waals surface area contributed by atoms with Crippen LogP contribution in [0.15, 0.2) is 52.7 Å². The number of phenolic OH excluding ortho intramolecular Hbond substituents is 1. The fourth-order valence-electron chi connectivity index (χ4n) is 2.74. The molecular formula is C19H15ClN4O3. The molecule has 0 atom stereocenters. The number of phenols is 1. The zero-order valence-electron chi connectivity index (χ0n) is 14.1. The maximum Gasteiger partial charge on any atom is 0.299 e. The van der Waals surface area contributed by atoms with Crippen molar-refractivity contribution in [1.29, 1.82) is 5.26 Å². The molecule has 0 aliphatic heterocycles. The highest BCUT2D eigenvalue weighted by atomic mass is 35.5. The molecule has 0 unspecified atom stereocenters. The Hall–Kier alpha value is -3.37. The Morgan fingerprint density at radius 1 is 1.22 bits per heavy atom. The molecule has 8 heteroatoms. The van der Waals surface area contributed by atoms with Gasteiger partial charge in [-0.3, -0.25) is 4.79 Å². The second-order valence-corrected chi connectivity index (χ2v) is 6.21. The van der Waals surface area contributed by atoms with E-state index in [2.05, 4.69) is 16.3 Å². The summed E-state index contributed by atoms with van der Waals surface area (Å²) in [4.78, 5) is 12.3. The Morgan fingerprint density at radius 3 is 2.78 bits per heavy atom. The minimum Gasteiger partial charge on any atom is -0.507 e. The van der Waals surface area contributed by atoms with Gasteiger partial charge < -0.3 is 14.8 Å². The minimum atomic E-state index is -0.782. The molecule has 0 aliphatic rings. The van der Waals surface area contributed by atoms with Crippen LogP contribution in [-0.2, 0) is 6.54 Å². The number of hydrogen-bond acceptors (Lipinski definition) is 5. The fourth-order valence-corrected chi connectivity index (χ4v) is 2.91. The summed E-state index contributed by atoms with van der Waals surface area (Å²) in [5.74, 6) is -1.18. The monoisotopic (exact) mass is 382 g/mol. The Bertz CT molecular complexity index is 1080. The van der Waals surface area contributed by atoms with Gasteiger partial charge in [-0.1, -0.05) is 29.8 Å². The molecule has 136 valence electrons. The van der Waals surface area contributed by atoms with Crippen molar-refractivity contribution in [2.75, 3.05) is 0 Å². The van der Waals surface area contributed by atoms with E-state index in [1.807, 2.05) is 12.1 Å². The maximum atomic E-state index is 12.3. The number of rotatable bonds is 5. The van der Waals surface area contributed by atoms with Gasteiger partial charge in [-0.25, -0.2) is 0 Å². The van der Waals surface area contributed by atoms with Gasteiger partial charge in [0, 0.05) is 23.4 Å². The summed E-state index contributed by atoms with van der Waals surface area (Å²) in [6, 6.07) is 13.3. The largest absolute Gasteiger partial charge is 0.507 e. The lowest BCUT2D eigenvalue weighted by molar-refractivity contribution is 0.0992. The van der Waals surface area contributed by atoms with Crippen LogP contribution in [-0.4, -0.2) is 20.7 Å².